The van der Waals surface area contributed by atoms with Crippen molar-refractivity contribution < 1.29 is 66.1 Å². The first kappa shape index (κ1) is 26.0. The van der Waals surface area contributed by atoms with Gasteiger partial charge in [-0.1, -0.05) is 0 Å². The summed E-state index contributed by atoms with van der Waals surface area (Å²) < 4.78 is 55.8. The first-order valence-corrected chi connectivity index (χ1v) is 12.3. The Labute approximate surface area is 172 Å². The van der Waals surface area contributed by atoms with E-state index in [2.05, 4.69) is 18.1 Å². The highest BCUT2D eigenvalue weighted by Gasteiger charge is 2.47. The summed E-state index contributed by atoms with van der Waals surface area (Å²) >= 11 is 0. The minimum Gasteiger partial charge on any atom is -0.491 e. The Bertz CT molecular complexity index is 1010. The molecule has 1 aromatic rings. The maximum atomic E-state index is 12.0. The highest BCUT2D eigenvalue weighted by molar-refractivity contribution is 7.66. The van der Waals surface area contributed by atoms with Gasteiger partial charge in [0.05, 0.1) is 19.9 Å². The van der Waals surface area contributed by atoms with E-state index in [0.717, 1.165) is 6.20 Å². The molecule has 0 radical (unpaired) electrons. The second-order valence-electron chi connectivity index (χ2n) is 5.82. The SMILES string of the molecule is COc1cn([C@@H]2O[C@H](COP(=O)(O)OP(=O)(O)OP(=O)(O)O)C(O)[C@@H]2O)c(=O)nc1N. The number of aromatic nitrogens is 2. The number of hydrogen-bond donors (Lipinski definition) is 7. The van der Waals surface area contributed by atoms with E-state index in [1.165, 1.54) is 7.11 Å². The molecule has 1 saturated heterocycles. The zero-order valence-electron chi connectivity index (χ0n) is 15.3. The number of hydrogen-bond acceptors (Lipinski definition) is 13. The van der Waals surface area contributed by atoms with Crippen molar-refractivity contribution in [1.82, 2.24) is 9.55 Å². The first-order chi connectivity index (χ1) is 14.1. The molecule has 1 aliphatic heterocycles. The summed E-state index contributed by atoms with van der Waals surface area (Å²) in [4.78, 5) is 50.9. The lowest BCUT2D eigenvalue weighted by molar-refractivity contribution is -0.0543. The van der Waals surface area contributed by atoms with Crippen molar-refractivity contribution in [1.29, 1.82) is 0 Å². The summed E-state index contributed by atoms with van der Waals surface area (Å²) in [5, 5.41) is 20.2. The molecule has 21 heteroatoms. The van der Waals surface area contributed by atoms with Crippen LogP contribution in [0.15, 0.2) is 11.0 Å². The third-order valence-electron chi connectivity index (χ3n) is 3.59. The Kier molecular flexibility index (Phi) is 7.83. The molecule has 2 rings (SSSR count). The Morgan fingerprint density at radius 1 is 1.13 bits per heavy atom. The van der Waals surface area contributed by atoms with Crippen molar-refractivity contribution >= 4 is 29.3 Å². The average molecular weight is 513 g/mol. The Hall–Kier alpha value is -1.23. The standard InChI is InChI=1S/C10H18N3O15P3/c1-24-4-2-13(10(16)12-8(4)11)9-7(15)6(14)5(26-9)3-25-30(20,21)28-31(22,23)27-29(17,18)19/h2,5-7,9,14-15H,3H2,1H3,(H,20,21)(H,22,23)(H2,11,12,16)(H2,17,18,19)/t5-,6?,7+,9-/m1/s1. The van der Waals surface area contributed by atoms with Crippen LogP contribution in [0.2, 0.25) is 0 Å². The van der Waals surface area contributed by atoms with Gasteiger partial charge in [-0.25, -0.2) is 18.5 Å². The lowest BCUT2D eigenvalue weighted by Gasteiger charge is -2.19. The molecule has 0 amide bonds. The van der Waals surface area contributed by atoms with Crippen molar-refractivity contribution in [2.45, 2.75) is 24.5 Å². The van der Waals surface area contributed by atoms with Crippen LogP contribution in [-0.2, 0) is 31.6 Å². The molecule has 6 atom stereocenters. The van der Waals surface area contributed by atoms with Crippen LogP contribution in [0, 0.1) is 0 Å². The van der Waals surface area contributed by atoms with Gasteiger partial charge in [0.1, 0.15) is 18.3 Å². The van der Waals surface area contributed by atoms with E-state index in [4.69, 9.17) is 29.9 Å². The molecule has 0 aliphatic carbocycles. The zero-order chi connectivity index (χ0) is 23.8. The van der Waals surface area contributed by atoms with Crippen LogP contribution in [0.5, 0.6) is 5.75 Å². The minimum atomic E-state index is -5.74. The second kappa shape index (κ2) is 9.33. The molecule has 1 fully saturated rings. The van der Waals surface area contributed by atoms with Gasteiger partial charge in [0, 0.05) is 0 Å². The number of phosphoric ester groups is 1. The number of anilines is 1. The van der Waals surface area contributed by atoms with Crippen molar-refractivity contribution in [3.63, 3.8) is 0 Å². The van der Waals surface area contributed by atoms with Crippen LogP contribution >= 0.6 is 23.5 Å². The van der Waals surface area contributed by atoms with Gasteiger partial charge in [0.15, 0.2) is 17.8 Å². The lowest BCUT2D eigenvalue weighted by atomic mass is 10.1. The maximum absolute atomic E-state index is 12.0. The number of aliphatic hydroxyl groups excluding tert-OH is 2. The summed E-state index contributed by atoms with van der Waals surface area (Å²) in [6, 6.07) is 0. The smallest absolute Gasteiger partial charge is 0.490 e. The molecule has 178 valence electrons. The van der Waals surface area contributed by atoms with Gasteiger partial charge in [-0.15, -0.1) is 0 Å². The van der Waals surface area contributed by atoms with Crippen LogP contribution < -0.4 is 16.2 Å². The third kappa shape index (κ3) is 6.87. The number of nitrogen functional groups attached to an aromatic ring is 1. The first-order valence-electron chi connectivity index (χ1n) is 7.78. The highest BCUT2D eigenvalue weighted by Crippen LogP contribution is 2.66. The van der Waals surface area contributed by atoms with E-state index in [1.54, 1.807) is 0 Å². The molecule has 1 aliphatic rings. The topological polar surface area (TPSA) is 280 Å². The zero-order valence-corrected chi connectivity index (χ0v) is 17.9. The Balaban J connectivity index is 2.11. The summed E-state index contributed by atoms with van der Waals surface area (Å²) in [6.45, 7) is -1.05. The number of rotatable bonds is 9. The summed E-state index contributed by atoms with van der Waals surface area (Å²) in [7, 11) is -15.6. The Morgan fingerprint density at radius 3 is 2.29 bits per heavy atom. The van der Waals surface area contributed by atoms with E-state index in [1.807, 2.05) is 0 Å². The normalized spacial score (nSPS) is 28.1. The maximum Gasteiger partial charge on any atom is 0.490 e. The summed E-state index contributed by atoms with van der Waals surface area (Å²) in [5.74, 6) is -0.331. The van der Waals surface area contributed by atoms with Crippen LogP contribution in [0.3, 0.4) is 0 Å². The van der Waals surface area contributed by atoms with Crippen molar-refractivity contribution in [2.24, 2.45) is 0 Å². The van der Waals surface area contributed by atoms with E-state index in [-0.39, 0.29) is 11.6 Å². The van der Waals surface area contributed by atoms with Gasteiger partial charge >= 0.3 is 29.2 Å². The van der Waals surface area contributed by atoms with Gasteiger partial charge in [-0.2, -0.15) is 13.6 Å². The molecular formula is C10H18N3O15P3. The quantitative estimate of drug-likeness (QED) is 0.172. The molecule has 0 spiro atoms. The number of phosphoric acid groups is 3. The van der Waals surface area contributed by atoms with Crippen LogP contribution in [-0.4, -0.2) is 71.4 Å². The van der Waals surface area contributed by atoms with Gasteiger partial charge in [-0.05, 0) is 0 Å². The monoisotopic (exact) mass is 513 g/mol. The van der Waals surface area contributed by atoms with Crippen molar-refractivity contribution in [2.75, 3.05) is 19.5 Å². The van der Waals surface area contributed by atoms with E-state index < -0.39 is 60.3 Å². The predicted molar refractivity (Wildman–Crippen MR) is 95.2 cm³/mol. The minimum absolute atomic E-state index is 0.0680. The number of aliphatic hydroxyl groups is 2. The van der Waals surface area contributed by atoms with Crippen LogP contribution in [0.25, 0.3) is 0 Å². The number of nitrogens with two attached hydrogens (primary N) is 1. The molecular weight excluding hydrogens is 495 g/mol. The van der Waals surface area contributed by atoms with Crippen LogP contribution in [0.1, 0.15) is 6.23 Å². The fourth-order valence-corrected chi connectivity index (χ4v) is 5.40. The van der Waals surface area contributed by atoms with Crippen LogP contribution in [0.4, 0.5) is 5.82 Å². The van der Waals surface area contributed by atoms with E-state index in [0.29, 0.717) is 4.57 Å². The van der Waals surface area contributed by atoms with Gasteiger partial charge < -0.3 is 45.0 Å². The molecule has 0 aromatic carbocycles. The average Bonchev–Trinajstić information content (AvgIpc) is 2.85. The molecule has 31 heavy (non-hydrogen) atoms. The molecule has 8 N–H and O–H groups in total. The Morgan fingerprint density at radius 2 is 1.74 bits per heavy atom. The fourth-order valence-electron chi connectivity index (χ4n) is 2.37. The highest BCUT2D eigenvalue weighted by atomic mass is 31.3. The van der Waals surface area contributed by atoms with E-state index in [9.17, 15) is 33.6 Å². The van der Waals surface area contributed by atoms with Gasteiger partial charge in [0.2, 0.25) is 0 Å². The van der Waals surface area contributed by atoms with Crippen molar-refractivity contribution in [3.05, 3.63) is 16.7 Å². The summed E-state index contributed by atoms with van der Waals surface area (Å²) in [5.41, 5.74) is 4.48. The van der Waals surface area contributed by atoms with E-state index >= 15 is 0 Å². The third-order valence-corrected chi connectivity index (χ3v) is 7.40. The number of methoxy groups -OCH3 is 1. The van der Waals surface area contributed by atoms with Gasteiger partial charge in [0.25, 0.3) is 0 Å². The second-order valence-corrected chi connectivity index (χ2v) is 10.2. The summed E-state index contributed by atoms with van der Waals surface area (Å²) in [6.07, 6.45) is -5.70. The molecule has 3 unspecified atom stereocenters. The lowest BCUT2D eigenvalue weighted by Crippen LogP contribution is -2.36. The molecule has 0 bridgehead atoms. The van der Waals surface area contributed by atoms with Crippen molar-refractivity contribution in [3.8, 4) is 5.75 Å². The molecule has 0 saturated carbocycles. The molecule has 1 aromatic heterocycles. The largest absolute Gasteiger partial charge is 0.491 e. The fraction of sp³-hybridized carbons (Fsp3) is 0.600. The van der Waals surface area contributed by atoms with Gasteiger partial charge in [-0.3, -0.25) is 9.09 Å². The number of nitrogens with zero attached hydrogens (tertiary/aromatic N) is 2. The predicted octanol–water partition coefficient (Wildman–Crippen LogP) is -2.20. The molecule has 2 heterocycles. The molecule has 18 nitrogen and oxygen atoms in total. The number of ether oxygens (including phenoxy) is 2.